The summed E-state index contributed by atoms with van der Waals surface area (Å²) in [6.45, 7) is 3.62. The average Bonchev–Trinajstić information content (AvgIpc) is 2.74. The fourth-order valence-electron chi connectivity index (χ4n) is 1.99. The summed E-state index contributed by atoms with van der Waals surface area (Å²) in [5, 5.41) is 8.15. The summed E-state index contributed by atoms with van der Waals surface area (Å²) in [6, 6.07) is 0.435. The average molecular weight is 287 g/mol. The van der Waals surface area contributed by atoms with Gasteiger partial charge in [-0.25, -0.2) is 4.98 Å². The maximum Gasteiger partial charge on any atom is 0.270 e. The second-order valence-corrected chi connectivity index (χ2v) is 5.12. The van der Waals surface area contributed by atoms with Gasteiger partial charge < -0.3 is 10.6 Å². The maximum absolute atomic E-state index is 12.1. The van der Waals surface area contributed by atoms with Crippen molar-refractivity contribution >= 4 is 34.6 Å². The Balaban J connectivity index is 0.00000120. The number of halogens is 1. The lowest BCUT2D eigenvalue weighted by atomic mass is 10.1. The quantitative estimate of drug-likeness (QED) is 0.892. The second-order valence-electron chi connectivity index (χ2n) is 4.25. The van der Waals surface area contributed by atoms with Crippen LogP contribution in [0.5, 0.6) is 0 Å². The van der Waals surface area contributed by atoms with Crippen LogP contribution in [-0.4, -0.2) is 34.4 Å². The Morgan fingerprint density at radius 2 is 2.50 bits per heavy atom. The molecule has 1 amide bonds. The normalized spacial score (nSPS) is 18.2. The van der Waals surface area contributed by atoms with E-state index < -0.39 is 0 Å². The van der Waals surface area contributed by atoms with E-state index in [1.165, 1.54) is 11.3 Å². The molecule has 18 heavy (non-hydrogen) atoms. The Kier molecular flexibility index (Phi) is 3.89. The molecule has 7 heteroatoms. The van der Waals surface area contributed by atoms with Gasteiger partial charge in [-0.3, -0.25) is 9.20 Å². The van der Waals surface area contributed by atoms with E-state index in [2.05, 4.69) is 15.6 Å². The lowest BCUT2D eigenvalue weighted by Gasteiger charge is -2.27. The zero-order valence-corrected chi connectivity index (χ0v) is 11.6. The predicted octanol–water partition coefficient (Wildman–Crippen LogP) is 1.22. The highest BCUT2D eigenvalue weighted by atomic mass is 35.5. The van der Waals surface area contributed by atoms with Gasteiger partial charge in [-0.1, -0.05) is 0 Å². The number of imidazole rings is 1. The molecule has 2 aromatic heterocycles. The molecule has 0 bridgehead atoms. The number of aryl methyl sites for hydroxylation is 1. The largest absolute Gasteiger partial charge is 0.349 e. The number of aromatic nitrogens is 2. The van der Waals surface area contributed by atoms with Crippen LogP contribution in [0.25, 0.3) is 4.96 Å². The summed E-state index contributed by atoms with van der Waals surface area (Å²) in [4.78, 5) is 17.3. The highest BCUT2D eigenvalue weighted by molar-refractivity contribution is 7.15. The maximum atomic E-state index is 12.1. The second kappa shape index (κ2) is 5.26. The van der Waals surface area contributed by atoms with E-state index in [4.69, 9.17) is 0 Å². The number of hydrogen-bond acceptors (Lipinski definition) is 4. The van der Waals surface area contributed by atoms with E-state index in [1.54, 1.807) is 0 Å². The van der Waals surface area contributed by atoms with Crippen LogP contribution < -0.4 is 10.6 Å². The van der Waals surface area contributed by atoms with Gasteiger partial charge in [0.2, 0.25) is 0 Å². The van der Waals surface area contributed by atoms with Crippen LogP contribution in [0.1, 0.15) is 22.6 Å². The standard InChI is InChI=1S/C11H14N4OS.ClH/c1-7-9(15-4-5-17-11(15)14-7)10(16)13-6-8-2-3-12-8;/h4-5,8,12H,2-3,6H2,1H3,(H,13,16);1H/t8-;/m0./s1. The Morgan fingerprint density at radius 1 is 1.72 bits per heavy atom. The van der Waals surface area contributed by atoms with Gasteiger partial charge in [0.05, 0.1) is 5.69 Å². The molecule has 0 spiro atoms. The number of amides is 1. The van der Waals surface area contributed by atoms with Crippen LogP contribution in [0, 0.1) is 6.92 Å². The third-order valence-corrected chi connectivity index (χ3v) is 3.84. The van der Waals surface area contributed by atoms with Gasteiger partial charge in [0.1, 0.15) is 5.69 Å². The van der Waals surface area contributed by atoms with Gasteiger partial charge in [0, 0.05) is 24.2 Å². The number of nitrogens with one attached hydrogen (secondary N) is 2. The van der Waals surface area contributed by atoms with Crippen LogP contribution in [0.2, 0.25) is 0 Å². The number of fused-ring (bicyclic) bond motifs is 1. The fourth-order valence-corrected chi connectivity index (χ4v) is 2.75. The zero-order valence-electron chi connectivity index (χ0n) is 9.97. The number of carbonyl (C=O) groups excluding carboxylic acids is 1. The molecule has 3 rings (SSSR count). The first kappa shape index (κ1) is 13.3. The molecule has 0 unspecified atom stereocenters. The van der Waals surface area contributed by atoms with Gasteiger partial charge in [0.15, 0.2) is 4.96 Å². The minimum atomic E-state index is -0.0397. The van der Waals surface area contributed by atoms with Crippen molar-refractivity contribution in [3.8, 4) is 0 Å². The van der Waals surface area contributed by atoms with Crippen molar-refractivity contribution in [3.63, 3.8) is 0 Å². The van der Waals surface area contributed by atoms with Crippen LogP contribution in [-0.2, 0) is 0 Å². The molecule has 0 saturated carbocycles. The Bertz CT molecular complexity index is 560. The number of nitrogens with zero attached hydrogens (tertiary/aromatic N) is 2. The van der Waals surface area contributed by atoms with Crippen molar-refractivity contribution in [1.82, 2.24) is 20.0 Å². The Labute approximate surface area is 115 Å². The van der Waals surface area contributed by atoms with E-state index in [0.29, 0.717) is 18.3 Å². The molecule has 1 aliphatic rings. The minimum absolute atomic E-state index is 0. The molecule has 1 saturated heterocycles. The van der Waals surface area contributed by atoms with Gasteiger partial charge in [-0.2, -0.15) is 0 Å². The van der Waals surface area contributed by atoms with Gasteiger partial charge >= 0.3 is 0 Å². The number of carbonyl (C=O) groups is 1. The first-order valence-electron chi connectivity index (χ1n) is 5.69. The summed E-state index contributed by atoms with van der Waals surface area (Å²) in [5.41, 5.74) is 1.44. The molecule has 0 radical (unpaired) electrons. The lowest BCUT2D eigenvalue weighted by Crippen LogP contribution is -2.50. The van der Waals surface area contributed by atoms with Crippen molar-refractivity contribution in [2.24, 2.45) is 0 Å². The van der Waals surface area contributed by atoms with E-state index in [-0.39, 0.29) is 18.3 Å². The third-order valence-electron chi connectivity index (χ3n) is 3.09. The van der Waals surface area contributed by atoms with E-state index in [9.17, 15) is 4.79 Å². The number of hydrogen-bond donors (Lipinski definition) is 2. The van der Waals surface area contributed by atoms with Crippen LogP contribution in [0.4, 0.5) is 0 Å². The zero-order chi connectivity index (χ0) is 11.8. The summed E-state index contributed by atoms with van der Waals surface area (Å²) in [7, 11) is 0. The molecule has 3 heterocycles. The molecular formula is C11H15ClN4OS. The summed E-state index contributed by atoms with van der Waals surface area (Å²) >= 11 is 1.54. The van der Waals surface area contributed by atoms with Crippen LogP contribution >= 0.6 is 23.7 Å². The molecule has 2 aromatic rings. The molecule has 1 aliphatic heterocycles. The molecule has 0 aromatic carbocycles. The lowest BCUT2D eigenvalue weighted by molar-refractivity contribution is 0.0938. The van der Waals surface area contributed by atoms with Crippen molar-refractivity contribution in [2.75, 3.05) is 13.1 Å². The molecule has 1 atom stereocenters. The summed E-state index contributed by atoms with van der Waals surface area (Å²) in [5.74, 6) is -0.0397. The fraction of sp³-hybridized carbons (Fsp3) is 0.455. The molecular weight excluding hydrogens is 272 g/mol. The Hall–Kier alpha value is -1.11. The van der Waals surface area contributed by atoms with E-state index >= 15 is 0 Å². The first-order valence-corrected chi connectivity index (χ1v) is 6.57. The van der Waals surface area contributed by atoms with Crippen molar-refractivity contribution < 1.29 is 4.79 Å². The minimum Gasteiger partial charge on any atom is -0.349 e. The van der Waals surface area contributed by atoms with Gasteiger partial charge in [0.25, 0.3) is 5.91 Å². The van der Waals surface area contributed by atoms with Crippen molar-refractivity contribution in [2.45, 2.75) is 19.4 Å². The molecule has 2 N–H and O–H groups in total. The third kappa shape index (κ3) is 2.23. The molecule has 5 nitrogen and oxygen atoms in total. The monoisotopic (exact) mass is 286 g/mol. The topological polar surface area (TPSA) is 58.4 Å². The SMILES string of the molecule is Cc1nc2sccn2c1C(=O)NC[C@@H]1CCN1.Cl. The first-order chi connectivity index (χ1) is 8.25. The van der Waals surface area contributed by atoms with Crippen molar-refractivity contribution in [1.29, 1.82) is 0 Å². The van der Waals surface area contributed by atoms with E-state index in [0.717, 1.165) is 23.6 Å². The highest BCUT2D eigenvalue weighted by Gasteiger charge is 2.20. The molecule has 1 fully saturated rings. The Morgan fingerprint density at radius 3 is 3.17 bits per heavy atom. The number of thiazole rings is 1. The molecule has 0 aliphatic carbocycles. The summed E-state index contributed by atoms with van der Waals surface area (Å²) < 4.78 is 1.85. The van der Waals surface area contributed by atoms with Crippen LogP contribution in [0.15, 0.2) is 11.6 Å². The van der Waals surface area contributed by atoms with Crippen LogP contribution in [0.3, 0.4) is 0 Å². The highest BCUT2D eigenvalue weighted by Crippen LogP contribution is 2.16. The van der Waals surface area contributed by atoms with Gasteiger partial charge in [-0.15, -0.1) is 23.7 Å². The van der Waals surface area contributed by atoms with Crippen molar-refractivity contribution in [3.05, 3.63) is 23.0 Å². The smallest absolute Gasteiger partial charge is 0.270 e. The molecule has 98 valence electrons. The number of rotatable bonds is 3. The summed E-state index contributed by atoms with van der Waals surface area (Å²) in [6.07, 6.45) is 3.02. The van der Waals surface area contributed by atoms with Gasteiger partial charge in [-0.05, 0) is 19.9 Å². The van der Waals surface area contributed by atoms with E-state index in [1.807, 2.05) is 22.9 Å². The predicted molar refractivity (Wildman–Crippen MR) is 73.8 cm³/mol.